The second-order valence-electron chi connectivity index (χ2n) is 5.80. The predicted molar refractivity (Wildman–Crippen MR) is 99.2 cm³/mol. The Bertz CT molecular complexity index is 990. The van der Waals surface area contributed by atoms with Crippen molar-refractivity contribution in [2.24, 2.45) is 0 Å². The van der Waals surface area contributed by atoms with Crippen molar-refractivity contribution in [3.63, 3.8) is 0 Å². The molecular formula is C20H20N2O5. The number of pyridine rings is 1. The minimum atomic E-state index is -0.337. The normalized spacial score (nSPS) is 10.4. The number of benzene rings is 1. The summed E-state index contributed by atoms with van der Waals surface area (Å²) in [6.07, 6.45) is 1.67. The molecule has 7 heteroatoms. The first-order chi connectivity index (χ1) is 13.1. The number of carbonyl (C=O) groups is 1. The van der Waals surface area contributed by atoms with Gasteiger partial charge in [-0.1, -0.05) is 12.1 Å². The lowest BCUT2D eigenvalue weighted by Gasteiger charge is -2.10. The molecule has 1 amide bonds. The Kier molecular flexibility index (Phi) is 5.61. The van der Waals surface area contributed by atoms with Crippen molar-refractivity contribution in [3.05, 3.63) is 82.2 Å². The maximum absolute atomic E-state index is 12.3. The third-order valence-electron chi connectivity index (χ3n) is 4.01. The van der Waals surface area contributed by atoms with Crippen LogP contribution in [0.15, 0.2) is 63.9 Å². The smallest absolute Gasteiger partial charge is 0.287 e. The van der Waals surface area contributed by atoms with Gasteiger partial charge in [-0.2, -0.15) is 0 Å². The van der Waals surface area contributed by atoms with Gasteiger partial charge in [-0.3, -0.25) is 9.59 Å². The fraction of sp³-hybridized carbons (Fsp3) is 0.200. The van der Waals surface area contributed by atoms with Crippen LogP contribution in [-0.4, -0.2) is 24.7 Å². The fourth-order valence-electron chi connectivity index (χ4n) is 2.60. The zero-order valence-corrected chi connectivity index (χ0v) is 15.1. The van der Waals surface area contributed by atoms with Crippen LogP contribution in [0.4, 0.5) is 0 Å². The van der Waals surface area contributed by atoms with Gasteiger partial charge in [-0.05, 0) is 35.9 Å². The van der Waals surface area contributed by atoms with Gasteiger partial charge in [0.05, 0.1) is 20.8 Å². The van der Waals surface area contributed by atoms with Crippen molar-refractivity contribution < 1.29 is 18.7 Å². The molecule has 2 aromatic heterocycles. The van der Waals surface area contributed by atoms with Gasteiger partial charge in [-0.15, -0.1) is 0 Å². The first kappa shape index (κ1) is 18.3. The number of amides is 1. The number of hydrogen-bond donors (Lipinski definition) is 1. The lowest BCUT2D eigenvalue weighted by atomic mass is 10.2. The molecule has 0 saturated carbocycles. The number of aromatic nitrogens is 1. The molecule has 0 aliphatic carbocycles. The van der Waals surface area contributed by atoms with Crippen LogP contribution in [0.2, 0.25) is 0 Å². The second kappa shape index (κ2) is 8.27. The number of methoxy groups -OCH3 is 2. The van der Waals surface area contributed by atoms with E-state index in [1.165, 1.54) is 10.6 Å². The minimum Gasteiger partial charge on any atom is -0.493 e. The molecule has 1 aromatic carbocycles. The van der Waals surface area contributed by atoms with Crippen LogP contribution in [0.25, 0.3) is 0 Å². The average Bonchev–Trinajstić information content (AvgIpc) is 3.16. The third-order valence-corrected chi connectivity index (χ3v) is 4.01. The van der Waals surface area contributed by atoms with Crippen LogP contribution in [-0.2, 0) is 13.1 Å². The predicted octanol–water partition coefficient (Wildman–Crippen LogP) is 2.44. The third kappa shape index (κ3) is 4.38. The summed E-state index contributed by atoms with van der Waals surface area (Å²) in [4.78, 5) is 24.0. The van der Waals surface area contributed by atoms with E-state index in [-0.39, 0.29) is 23.8 Å². The maximum atomic E-state index is 12.3. The minimum absolute atomic E-state index is 0.131. The van der Waals surface area contributed by atoms with Crippen molar-refractivity contribution in [2.45, 2.75) is 13.1 Å². The first-order valence-corrected chi connectivity index (χ1v) is 8.34. The van der Waals surface area contributed by atoms with E-state index in [0.29, 0.717) is 23.8 Å². The summed E-state index contributed by atoms with van der Waals surface area (Å²) in [5.41, 5.74) is 0.733. The van der Waals surface area contributed by atoms with Crippen LogP contribution in [0.3, 0.4) is 0 Å². The Morgan fingerprint density at radius 2 is 1.89 bits per heavy atom. The molecule has 2 heterocycles. The summed E-state index contributed by atoms with van der Waals surface area (Å²) in [5.74, 6) is 1.60. The number of nitrogens with zero attached hydrogens (tertiary/aromatic N) is 1. The molecule has 3 aromatic rings. The molecule has 0 bridgehead atoms. The van der Waals surface area contributed by atoms with Gasteiger partial charge in [0, 0.05) is 18.8 Å². The zero-order chi connectivity index (χ0) is 19.2. The van der Waals surface area contributed by atoms with Crippen LogP contribution < -0.4 is 20.3 Å². The highest BCUT2D eigenvalue weighted by molar-refractivity contribution is 5.91. The Hall–Kier alpha value is -3.48. The van der Waals surface area contributed by atoms with E-state index < -0.39 is 0 Å². The highest BCUT2D eigenvalue weighted by Gasteiger charge is 2.12. The summed E-state index contributed by atoms with van der Waals surface area (Å²) in [6.45, 7) is 0.579. The summed E-state index contributed by atoms with van der Waals surface area (Å²) in [6, 6.07) is 13.6. The average molecular weight is 368 g/mol. The van der Waals surface area contributed by atoms with Gasteiger partial charge >= 0.3 is 0 Å². The van der Waals surface area contributed by atoms with Crippen LogP contribution in [0.1, 0.15) is 21.9 Å². The Morgan fingerprint density at radius 3 is 2.63 bits per heavy atom. The molecule has 140 valence electrons. The number of hydrogen-bond acceptors (Lipinski definition) is 5. The molecule has 0 aliphatic rings. The van der Waals surface area contributed by atoms with E-state index in [4.69, 9.17) is 13.9 Å². The van der Waals surface area contributed by atoms with E-state index in [1.807, 2.05) is 6.07 Å². The quantitative estimate of drug-likeness (QED) is 0.693. The van der Waals surface area contributed by atoms with Gasteiger partial charge in [-0.25, -0.2) is 0 Å². The van der Waals surface area contributed by atoms with Crippen molar-refractivity contribution in [2.75, 3.05) is 14.2 Å². The number of nitrogens with one attached hydrogen (secondary N) is 1. The molecular weight excluding hydrogens is 348 g/mol. The fourth-order valence-corrected chi connectivity index (χ4v) is 2.60. The van der Waals surface area contributed by atoms with Crippen LogP contribution >= 0.6 is 0 Å². The largest absolute Gasteiger partial charge is 0.493 e. The van der Waals surface area contributed by atoms with Crippen molar-refractivity contribution in [3.8, 4) is 11.5 Å². The van der Waals surface area contributed by atoms with Gasteiger partial charge in [0.15, 0.2) is 17.3 Å². The number of carbonyl (C=O) groups excluding carboxylic acids is 1. The number of ether oxygens (including phenoxy) is 2. The van der Waals surface area contributed by atoms with E-state index in [1.54, 1.807) is 56.8 Å². The first-order valence-electron chi connectivity index (χ1n) is 8.34. The van der Waals surface area contributed by atoms with Crippen molar-refractivity contribution in [1.82, 2.24) is 9.88 Å². The van der Waals surface area contributed by atoms with E-state index >= 15 is 0 Å². The molecule has 0 saturated heterocycles. The van der Waals surface area contributed by atoms with Crippen molar-refractivity contribution in [1.29, 1.82) is 0 Å². The molecule has 27 heavy (non-hydrogen) atoms. The topological polar surface area (TPSA) is 82.7 Å². The van der Waals surface area contributed by atoms with Crippen LogP contribution in [0, 0.1) is 0 Å². The summed E-state index contributed by atoms with van der Waals surface area (Å²) < 4.78 is 17.5. The van der Waals surface area contributed by atoms with Gasteiger partial charge in [0.2, 0.25) is 0 Å². The number of furan rings is 1. The molecule has 7 nitrogen and oxygen atoms in total. The monoisotopic (exact) mass is 368 g/mol. The molecule has 0 aliphatic heterocycles. The van der Waals surface area contributed by atoms with Gasteiger partial charge in [0.25, 0.3) is 11.5 Å². The number of rotatable bonds is 7. The molecule has 0 unspecified atom stereocenters. The van der Waals surface area contributed by atoms with Gasteiger partial charge in [0.1, 0.15) is 5.76 Å². The molecule has 3 rings (SSSR count). The van der Waals surface area contributed by atoms with Crippen LogP contribution in [0.5, 0.6) is 11.5 Å². The lowest BCUT2D eigenvalue weighted by molar-refractivity contribution is 0.0921. The standard InChI is InChI=1S/C20H20N2O5/c1-25-16-8-6-14(11-18(16)26-2)12-21-20(24)17-9-7-15(27-17)13-22-10-4-3-5-19(22)23/h3-11H,12-13H2,1-2H3,(H,21,24). The molecule has 0 atom stereocenters. The SMILES string of the molecule is COc1ccc(CNC(=O)c2ccc(Cn3ccccc3=O)o2)cc1OC. The van der Waals surface area contributed by atoms with E-state index in [9.17, 15) is 9.59 Å². The Morgan fingerprint density at radius 1 is 1.07 bits per heavy atom. The Labute approximate surface area is 156 Å². The summed E-state index contributed by atoms with van der Waals surface area (Å²) in [5, 5.41) is 2.80. The summed E-state index contributed by atoms with van der Waals surface area (Å²) >= 11 is 0. The van der Waals surface area contributed by atoms with Crippen molar-refractivity contribution >= 4 is 5.91 Å². The molecule has 0 radical (unpaired) electrons. The highest BCUT2D eigenvalue weighted by atomic mass is 16.5. The second-order valence-corrected chi connectivity index (χ2v) is 5.80. The molecule has 1 N–H and O–H groups in total. The highest BCUT2D eigenvalue weighted by Crippen LogP contribution is 2.27. The summed E-state index contributed by atoms with van der Waals surface area (Å²) in [7, 11) is 3.12. The van der Waals surface area contributed by atoms with Gasteiger partial charge < -0.3 is 23.8 Å². The Balaban J connectivity index is 1.63. The molecule has 0 spiro atoms. The maximum Gasteiger partial charge on any atom is 0.287 e. The molecule has 0 fully saturated rings. The zero-order valence-electron chi connectivity index (χ0n) is 15.1. The van der Waals surface area contributed by atoms with E-state index in [2.05, 4.69) is 5.32 Å². The lowest BCUT2D eigenvalue weighted by Crippen LogP contribution is -2.22. The van der Waals surface area contributed by atoms with E-state index in [0.717, 1.165) is 5.56 Å².